The third-order valence-electron chi connectivity index (χ3n) is 2.27. The third kappa shape index (κ3) is 2.00. The fourth-order valence-electron chi connectivity index (χ4n) is 1.58. The number of methoxy groups -OCH3 is 1. The molecule has 1 N–H and O–H groups in total. The van der Waals surface area contributed by atoms with E-state index in [2.05, 4.69) is 20.8 Å². The molecule has 1 aromatic rings. The van der Waals surface area contributed by atoms with E-state index in [0.717, 1.165) is 16.9 Å². The number of ether oxygens (including phenoxy) is 1. The van der Waals surface area contributed by atoms with E-state index in [0.29, 0.717) is 5.75 Å². The molecule has 0 saturated carbocycles. The summed E-state index contributed by atoms with van der Waals surface area (Å²) in [4.78, 5) is 0. The van der Waals surface area contributed by atoms with Crippen molar-refractivity contribution < 1.29 is 9.84 Å². The average Bonchev–Trinajstić information content (AvgIpc) is 2.01. The van der Waals surface area contributed by atoms with Crippen LogP contribution in [0.1, 0.15) is 31.9 Å². The highest BCUT2D eigenvalue weighted by Crippen LogP contribution is 2.36. The number of hydrogen-bond acceptors (Lipinski definition) is 2. The fraction of sp³-hybridized carbons (Fsp3) is 0.500. The maximum Gasteiger partial charge on any atom is 0.125 e. The molecule has 0 unspecified atom stereocenters. The van der Waals surface area contributed by atoms with Gasteiger partial charge in [0.2, 0.25) is 0 Å². The lowest BCUT2D eigenvalue weighted by Crippen LogP contribution is -2.13. The van der Waals surface area contributed by atoms with Crippen molar-refractivity contribution >= 4 is 0 Å². The highest BCUT2D eigenvalue weighted by atomic mass is 16.5. The predicted molar refractivity (Wildman–Crippen MR) is 58.1 cm³/mol. The summed E-state index contributed by atoms with van der Waals surface area (Å²) in [5, 5.41) is 9.52. The zero-order valence-electron chi connectivity index (χ0n) is 9.51. The molecule has 1 aromatic carbocycles. The van der Waals surface area contributed by atoms with Gasteiger partial charge in [-0.2, -0.15) is 0 Å². The van der Waals surface area contributed by atoms with E-state index in [1.54, 1.807) is 19.2 Å². The largest absolute Gasteiger partial charge is 0.508 e. The molecule has 0 aliphatic heterocycles. The van der Waals surface area contributed by atoms with Crippen molar-refractivity contribution in [1.29, 1.82) is 0 Å². The molecule has 0 spiro atoms. The molecule has 0 aromatic heterocycles. The zero-order valence-corrected chi connectivity index (χ0v) is 9.51. The molecule has 78 valence electrons. The first kappa shape index (κ1) is 10.9. The first-order valence-electron chi connectivity index (χ1n) is 4.74. The van der Waals surface area contributed by atoms with Crippen LogP contribution in [0.3, 0.4) is 0 Å². The minimum atomic E-state index is -0.0190. The zero-order chi connectivity index (χ0) is 10.9. The summed E-state index contributed by atoms with van der Waals surface area (Å²) in [6, 6.07) is 3.49. The van der Waals surface area contributed by atoms with Crippen molar-refractivity contribution in [2.75, 3.05) is 7.11 Å². The number of phenolic OH excluding ortho intramolecular Hbond substituents is 1. The van der Waals surface area contributed by atoms with E-state index in [4.69, 9.17) is 4.74 Å². The van der Waals surface area contributed by atoms with Gasteiger partial charge in [-0.15, -0.1) is 0 Å². The highest BCUT2D eigenvalue weighted by Gasteiger charge is 2.20. The van der Waals surface area contributed by atoms with Crippen LogP contribution in [0.2, 0.25) is 0 Å². The number of hydrogen-bond donors (Lipinski definition) is 1. The minimum Gasteiger partial charge on any atom is -0.508 e. The molecule has 0 atom stereocenters. The second-order valence-corrected chi connectivity index (χ2v) is 4.59. The van der Waals surface area contributed by atoms with Crippen LogP contribution in [-0.4, -0.2) is 12.2 Å². The van der Waals surface area contributed by atoms with E-state index < -0.39 is 0 Å². The van der Waals surface area contributed by atoms with Crippen LogP contribution in [0.4, 0.5) is 0 Å². The molecule has 0 aliphatic rings. The SMILES string of the molecule is COc1c(C)cc(O)cc1C(C)(C)C. The average molecular weight is 194 g/mol. The van der Waals surface area contributed by atoms with E-state index in [1.807, 2.05) is 6.92 Å². The lowest BCUT2D eigenvalue weighted by molar-refractivity contribution is 0.390. The number of rotatable bonds is 1. The summed E-state index contributed by atoms with van der Waals surface area (Å²) in [6.45, 7) is 8.24. The van der Waals surface area contributed by atoms with Gasteiger partial charge in [0.15, 0.2) is 0 Å². The van der Waals surface area contributed by atoms with Crippen LogP contribution in [0, 0.1) is 6.92 Å². The van der Waals surface area contributed by atoms with Gasteiger partial charge in [-0.25, -0.2) is 0 Å². The van der Waals surface area contributed by atoms with Crippen LogP contribution >= 0.6 is 0 Å². The molecule has 1 rings (SSSR count). The lowest BCUT2D eigenvalue weighted by Gasteiger charge is -2.23. The molecule has 0 radical (unpaired) electrons. The van der Waals surface area contributed by atoms with Gasteiger partial charge in [0.1, 0.15) is 11.5 Å². The molecular formula is C12H18O2. The molecule has 2 heteroatoms. The Hall–Kier alpha value is -1.18. The monoisotopic (exact) mass is 194 g/mol. The highest BCUT2D eigenvalue weighted by molar-refractivity contribution is 5.49. The Morgan fingerprint density at radius 3 is 2.21 bits per heavy atom. The standard InChI is InChI=1S/C12H18O2/c1-8-6-9(13)7-10(11(8)14-5)12(2,3)4/h6-7,13H,1-5H3. The van der Waals surface area contributed by atoms with Crippen LogP contribution in [0.15, 0.2) is 12.1 Å². The van der Waals surface area contributed by atoms with Crippen molar-refractivity contribution in [3.8, 4) is 11.5 Å². The smallest absolute Gasteiger partial charge is 0.125 e. The second kappa shape index (κ2) is 3.52. The Morgan fingerprint density at radius 2 is 1.79 bits per heavy atom. The maximum absolute atomic E-state index is 9.52. The normalized spacial score (nSPS) is 11.5. The van der Waals surface area contributed by atoms with Crippen molar-refractivity contribution in [1.82, 2.24) is 0 Å². The minimum absolute atomic E-state index is 0.0190. The first-order valence-corrected chi connectivity index (χ1v) is 4.74. The van der Waals surface area contributed by atoms with Gasteiger partial charge in [0.25, 0.3) is 0 Å². The van der Waals surface area contributed by atoms with Gasteiger partial charge in [0.05, 0.1) is 7.11 Å². The van der Waals surface area contributed by atoms with Gasteiger partial charge >= 0.3 is 0 Å². The van der Waals surface area contributed by atoms with Gasteiger partial charge in [-0.3, -0.25) is 0 Å². The van der Waals surface area contributed by atoms with Crippen molar-refractivity contribution in [2.45, 2.75) is 33.1 Å². The van der Waals surface area contributed by atoms with E-state index in [9.17, 15) is 5.11 Å². The van der Waals surface area contributed by atoms with E-state index >= 15 is 0 Å². The number of phenols is 1. The topological polar surface area (TPSA) is 29.5 Å². The summed E-state index contributed by atoms with van der Waals surface area (Å²) in [7, 11) is 1.66. The summed E-state index contributed by atoms with van der Waals surface area (Å²) in [5.74, 6) is 1.17. The molecule has 0 saturated heterocycles. The number of aryl methyl sites for hydroxylation is 1. The molecule has 0 aliphatic carbocycles. The molecule has 14 heavy (non-hydrogen) atoms. The van der Waals surface area contributed by atoms with Crippen LogP contribution < -0.4 is 4.74 Å². The Balaban J connectivity index is 3.40. The Morgan fingerprint density at radius 1 is 1.21 bits per heavy atom. The second-order valence-electron chi connectivity index (χ2n) is 4.59. The van der Waals surface area contributed by atoms with Gasteiger partial charge in [-0.1, -0.05) is 20.8 Å². The molecule has 0 fully saturated rings. The van der Waals surface area contributed by atoms with Crippen molar-refractivity contribution in [2.24, 2.45) is 0 Å². The number of benzene rings is 1. The molecule has 0 bridgehead atoms. The number of aromatic hydroxyl groups is 1. The Labute approximate surface area is 85.5 Å². The summed E-state index contributed by atoms with van der Waals surface area (Å²) in [6.07, 6.45) is 0. The van der Waals surface area contributed by atoms with Crippen LogP contribution in [0.5, 0.6) is 11.5 Å². The first-order chi connectivity index (χ1) is 6.36. The third-order valence-corrected chi connectivity index (χ3v) is 2.27. The van der Waals surface area contributed by atoms with Gasteiger partial charge < -0.3 is 9.84 Å². The fourth-order valence-corrected chi connectivity index (χ4v) is 1.58. The predicted octanol–water partition coefficient (Wildman–Crippen LogP) is 3.01. The molecule has 2 nitrogen and oxygen atoms in total. The molecule has 0 heterocycles. The maximum atomic E-state index is 9.52. The summed E-state index contributed by atoms with van der Waals surface area (Å²) >= 11 is 0. The molecule has 0 amide bonds. The summed E-state index contributed by atoms with van der Waals surface area (Å²) in [5.41, 5.74) is 1.99. The van der Waals surface area contributed by atoms with E-state index in [-0.39, 0.29) is 5.41 Å². The van der Waals surface area contributed by atoms with Gasteiger partial charge in [-0.05, 0) is 30.0 Å². The van der Waals surface area contributed by atoms with Crippen molar-refractivity contribution in [3.05, 3.63) is 23.3 Å². The quantitative estimate of drug-likeness (QED) is 0.744. The lowest BCUT2D eigenvalue weighted by atomic mass is 9.85. The van der Waals surface area contributed by atoms with Crippen molar-refractivity contribution in [3.63, 3.8) is 0 Å². The van der Waals surface area contributed by atoms with Gasteiger partial charge in [0, 0.05) is 5.56 Å². The molecular weight excluding hydrogens is 176 g/mol. The van der Waals surface area contributed by atoms with E-state index in [1.165, 1.54) is 0 Å². The van der Waals surface area contributed by atoms with Crippen LogP contribution in [0.25, 0.3) is 0 Å². The Kier molecular flexibility index (Phi) is 2.74. The van der Waals surface area contributed by atoms with Crippen LogP contribution in [-0.2, 0) is 5.41 Å². The Bertz CT molecular complexity index is 335. The summed E-state index contributed by atoms with van der Waals surface area (Å²) < 4.78 is 5.35.